The van der Waals surface area contributed by atoms with Gasteiger partial charge >= 0.3 is 5.97 Å². The Kier molecular flexibility index (Phi) is 7.20. The van der Waals surface area contributed by atoms with Crippen molar-refractivity contribution in [3.8, 4) is 23.0 Å². The predicted octanol–water partition coefficient (Wildman–Crippen LogP) is 3.21. The van der Waals surface area contributed by atoms with Crippen LogP contribution in [0.25, 0.3) is 6.08 Å². The van der Waals surface area contributed by atoms with Gasteiger partial charge in [0.1, 0.15) is 29.0 Å². The first-order valence-electron chi connectivity index (χ1n) is 11.0. The molecular weight excluding hydrogens is 466 g/mol. The third-order valence-electron chi connectivity index (χ3n) is 5.41. The first-order valence-corrected chi connectivity index (χ1v) is 11.0. The molecule has 3 aromatic rings. The number of hydrogen-bond acceptors (Lipinski definition) is 7. The van der Waals surface area contributed by atoms with Gasteiger partial charge in [-0.15, -0.1) is 0 Å². The van der Waals surface area contributed by atoms with Crippen LogP contribution >= 0.6 is 0 Å². The summed E-state index contributed by atoms with van der Waals surface area (Å²) in [6, 6.07) is 16.6. The zero-order valence-electron chi connectivity index (χ0n) is 19.3. The van der Waals surface area contributed by atoms with Gasteiger partial charge in [0.15, 0.2) is 12.4 Å². The number of nitrogens with one attached hydrogen (secondary N) is 1. The van der Waals surface area contributed by atoms with E-state index in [-0.39, 0.29) is 29.5 Å². The number of carbonyl (C=O) groups excluding carboxylic acids is 2. The number of aliphatic carboxylic acids is 1. The lowest BCUT2D eigenvalue weighted by Crippen LogP contribution is -2.44. The van der Waals surface area contributed by atoms with Gasteiger partial charge in [-0.3, -0.25) is 9.59 Å². The number of Topliss-reactive ketones (excluding diaryl/α,β-unsaturated/α-hetero) is 1. The number of rotatable bonds is 9. The summed E-state index contributed by atoms with van der Waals surface area (Å²) in [7, 11) is 1.55. The van der Waals surface area contributed by atoms with Crippen molar-refractivity contribution in [2.24, 2.45) is 0 Å². The number of carboxylic acid groups (broad SMARTS) is 1. The fourth-order valence-corrected chi connectivity index (χ4v) is 3.59. The van der Waals surface area contributed by atoms with Gasteiger partial charge in [-0.25, -0.2) is 4.79 Å². The lowest BCUT2D eigenvalue weighted by molar-refractivity contribution is -0.142. The average molecular weight is 489 g/mol. The summed E-state index contributed by atoms with van der Waals surface area (Å²) in [6.45, 7) is -0.432. The van der Waals surface area contributed by atoms with Gasteiger partial charge in [0.25, 0.3) is 5.91 Å². The number of allylic oxidation sites excluding steroid dienone is 1. The number of carbonyl (C=O) groups is 3. The minimum absolute atomic E-state index is 0.0402. The zero-order valence-corrected chi connectivity index (χ0v) is 19.3. The third kappa shape index (κ3) is 5.82. The van der Waals surface area contributed by atoms with Gasteiger partial charge in [0.2, 0.25) is 5.78 Å². The summed E-state index contributed by atoms with van der Waals surface area (Å²) in [5.41, 5.74) is 1.74. The molecule has 1 atom stereocenters. The molecule has 184 valence electrons. The second kappa shape index (κ2) is 10.6. The van der Waals surface area contributed by atoms with Crippen molar-refractivity contribution in [2.75, 3.05) is 13.7 Å². The number of phenols is 1. The minimum atomic E-state index is -1.20. The molecule has 0 aromatic heterocycles. The summed E-state index contributed by atoms with van der Waals surface area (Å²) in [6.07, 6.45) is 1.65. The number of ether oxygens (including phenoxy) is 3. The molecule has 0 radical (unpaired) electrons. The number of aromatic hydroxyl groups is 1. The van der Waals surface area contributed by atoms with E-state index in [0.29, 0.717) is 22.6 Å². The maximum atomic E-state index is 12.7. The van der Waals surface area contributed by atoms with Crippen molar-refractivity contribution in [3.63, 3.8) is 0 Å². The van der Waals surface area contributed by atoms with E-state index >= 15 is 0 Å². The first kappa shape index (κ1) is 24.3. The fraction of sp³-hybridized carbons (Fsp3) is 0.148. The maximum Gasteiger partial charge on any atom is 0.326 e. The summed E-state index contributed by atoms with van der Waals surface area (Å²) in [5.74, 6) is -0.677. The lowest BCUT2D eigenvalue weighted by Gasteiger charge is -2.15. The second-order valence-electron chi connectivity index (χ2n) is 7.99. The van der Waals surface area contributed by atoms with Crippen LogP contribution in [0.1, 0.15) is 21.5 Å². The molecule has 1 amide bonds. The average Bonchev–Trinajstić information content (AvgIpc) is 3.17. The van der Waals surface area contributed by atoms with Crippen LogP contribution in [-0.2, 0) is 16.0 Å². The first-order chi connectivity index (χ1) is 17.3. The van der Waals surface area contributed by atoms with E-state index in [1.54, 1.807) is 49.6 Å². The smallest absolute Gasteiger partial charge is 0.326 e. The van der Waals surface area contributed by atoms with E-state index in [4.69, 9.17) is 14.2 Å². The molecule has 0 aliphatic carbocycles. The van der Waals surface area contributed by atoms with Gasteiger partial charge in [0.05, 0.1) is 12.7 Å². The van der Waals surface area contributed by atoms with Gasteiger partial charge in [-0.2, -0.15) is 0 Å². The Morgan fingerprint density at radius 2 is 1.83 bits per heavy atom. The highest BCUT2D eigenvalue weighted by molar-refractivity contribution is 6.14. The zero-order chi connectivity index (χ0) is 25.7. The normalized spacial score (nSPS) is 14.0. The second-order valence-corrected chi connectivity index (χ2v) is 7.99. The van der Waals surface area contributed by atoms with Crippen LogP contribution in [0.5, 0.6) is 23.0 Å². The summed E-state index contributed by atoms with van der Waals surface area (Å²) in [5, 5.41) is 21.2. The van der Waals surface area contributed by atoms with E-state index in [1.165, 1.54) is 24.3 Å². The Labute approximate surface area is 206 Å². The molecule has 0 saturated heterocycles. The Balaban J connectivity index is 1.37. The molecular formula is C27H23NO8. The van der Waals surface area contributed by atoms with Crippen LogP contribution in [-0.4, -0.2) is 47.6 Å². The largest absolute Gasteiger partial charge is 0.508 e. The SMILES string of the molecule is COc1cccc(/C=C2\Oc3cc(OCC(=O)N[C@H](Cc4ccc(O)cc4)C(=O)O)ccc3C2=O)c1. The molecule has 1 aliphatic heterocycles. The van der Waals surface area contributed by atoms with Crippen molar-refractivity contribution in [1.82, 2.24) is 5.32 Å². The molecule has 0 unspecified atom stereocenters. The quantitative estimate of drug-likeness (QED) is 0.391. The van der Waals surface area contributed by atoms with E-state index in [9.17, 15) is 24.6 Å². The molecule has 4 rings (SSSR count). The van der Waals surface area contributed by atoms with Gasteiger partial charge in [0, 0.05) is 12.5 Å². The highest BCUT2D eigenvalue weighted by Gasteiger charge is 2.28. The fourth-order valence-electron chi connectivity index (χ4n) is 3.59. The molecule has 1 heterocycles. The molecule has 36 heavy (non-hydrogen) atoms. The third-order valence-corrected chi connectivity index (χ3v) is 5.41. The Hall–Kier alpha value is -4.79. The molecule has 9 nitrogen and oxygen atoms in total. The van der Waals surface area contributed by atoms with Crippen LogP contribution < -0.4 is 19.5 Å². The number of phenolic OH excluding ortho intramolecular Hbond substituents is 1. The predicted molar refractivity (Wildman–Crippen MR) is 129 cm³/mol. The number of amides is 1. The van der Waals surface area contributed by atoms with Crippen LogP contribution in [0, 0.1) is 0 Å². The molecule has 9 heteroatoms. The van der Waals surface area contributed by atoms with Crippen LogP contribution in [0.2, 0.25) is 0 Å². The minimum Gasteiger partial charge on any atom is -0.508 e. The number of methoxy groups -OCH3 is 1. The topological polar surface area (TPSA) is 131 Å². The summed E-state index contributed by atoms with van der Waals surface area (Å²) >= 11 is 0. The number of fused-ring (bicyclic) bond motifs is 1. The van der Waals surface area contributed by atoms with Crippen molar-refractivity contribution in [3.05, 3.63) is 89.2 Å². The number of carboxylic acids is 1. The van der Waals surface area contributed by atoms with Crippen molar-refractivity contribution < 1.29 is 38.8 Å². The number of benzene rings is 3. The van der Waals surface area contributed by atoms with Gasteiger partial charge < -0.3 is 29.7 Å². The Bertz CT molecular complexity index is 1330. The molecule has 0 fully saturated rings. The number of ketones is 1. The van der Waals surface area contributed by atoms with E-state index in [2.05, 4.69) is 5.32 Å². The summed E-state index contributed by atoms with van der Waals surface area (Å²) < 4.78 is 16.4. The maximum absolute atomic E-state index is 12.7. The van der Waals surface area contributed by atoms with Crippen LogP contribution in [0.3, 0.4) is 0 Å². The van der Waals surface area contributed by atoms with E-state index < -0.39 is 24.5 Å². The number of hydrogen-bond donors (Lipinski definition) is 3. The molecule has 0 saturated carbocycles. The molecule has 1 aliphatic rings. The highest BCUT2D eigenvalue weighted by Crippen LogP contribution is 2.35. The van der Waals surface area contributed by atoms with Gasteiger partial charge in [-0.05, 0) is 53.6 Å². The Morgan fingerprint density at radius 1 is 1.06 bits per heavy atom. The molecule has 0 spiro atoms. The van der Waals surface area contributed by atoms with Crippen molar-refractivity contribution in [1.29, 1.82) is 0 Å². The van der Waals surface area contributed by atoms with Crippen LogP contribution in [0.4, 0.5) is 0 Å². The highest BCUT2D eigenvalue weighted by atomic mass is 16.5. The molecule has 3 N–H and O–H groups in total. The van der Waals surface area contributed by atoms with Crippen molar-refractivity contribution in [2.45, 2.75) is 12.5 Å². The van der Waals surface area contributed by atoms with E-state index in [0.717, 1.165) is 5.56 Å². The van der Waals surface area contributed by atoms with Gasteiger partial charge in [-0.1, -0.05) is 24.3 Å². The lowest BCUT2D eigenvalue weighted by atomic mass is 10.1. The monoisotopic (exact) mass is 489 g/mol. The van der Waals surface area contributed by atoms with E-state index in [1.807, 2.05) is 6.07 Å². The van der Waals surface area contributed by atoms with Crippen molar-refractivity contribution >= 4 is 23.7 Å². The Morgan fingerprint density at radius 3 is 2.56 bits per heavy atom. The molecule has 0 bridgehead atoms. The standard InChI is InChI=1S/C27H23NO8/c1-34-19-4-2-3-17(11-19)13-24-26(31)21-10-9-20(14-23(21)36-24)35-15-25(30)28-22(27(32)33)12-16-5-7-18(29)8-6-16/h2-11,13-14,22,29H,12,15H2,1H3,(H,28,30)(H,32,33)/b24-13-/t22-/m1/s1. The molecule has 3 aromatic carbocycles. The summed E-state index contributed by atoms with van der Waals surface area (Å²) in [4.78, 5) is 36.6. The van der Waals surface area contributed by atoms with Crippen LogP contribution in [0.15, 0.2) is 72.5 Å².